The fourth-order valence-corrected chi connectivity index (χ4v) is 3.02. The Morgan fingerprint density at radius 3 is 2.67 bits per heavy atom. The van der Waals surface area contributed by atoms with Crippen molar-refractivity contribution in [1.82, 2.24) is 9.78 Å². The number of aliphatic hydroxyl groups excluding tert-OH is 1. The lowest BCUT2D eigenvalue weighted by molar-refractivity contribution is 0.265. The summed E-state index contributed by atoms with van der Waals surface area (Å²) >= 11 is 7.96. The van der Waals surface area contributed by atoms with Crippen molar-refractivity contribution in [2.75, 3.05) is 6.61 Å². The number of hydrogen-bond acceptors (Lipinski definition) is 4. The Hall–Kier alpha value is -0.720. The molecule has 2 rings (SSSR count). The molecule has 0 fully saturated rings. The zero-order valence-electron chi connectivity index (χ0n) is 11.7. The van der Waals surface area contributed by atoms with E-state index in [0.717, 1.165) is 17.0 Å². The molecule has 1 atom stereocenters. The third-order valence-electron chi connectivity index (χ3n) is 2.97. The van der Waals surface area contributed by atoms with Gasteiger partial charge in [0.05, 0.1) is 12.3 Å². The predicted octanol–water partition coefficient (Wildman–Crippen LogP) is 2.65. The fraction of sp³-hybridized carbons (Fsp3) is 0.357. The van der Waals surface area contributed by atoms with Crippen LogP contribution < -0.4 is 5.73 Å². The molecular weight excluding hydrogens is 329 g/mol. The van der Waals surface area contributed by atoms with Gasteiger partial charge in [0.2, 0.25) is 0 Å². The molecule has 0 amide bonds. The van der Waals surface area contributed by atoms with E-state index >= 15 is 0 Å². The SMILES string of the molecule is Cl.Cn1nc(CSc2ccccc2)c(CC(N)CO)c1Cl. The van der Waals surface area contributed by atoms with Crippen molar-refractivity contribution in [3.05, 3.63) is 46.7 Å². The predicted molar refractivity (Wildman–Crippen MR) is 90.2 cm³/mol. The smallest absolute Gasteiger partial charge is 0.130 e. The van der Waals surface area contributed by atoms with E-state index in [2.05, 4.69) is 17.2 Å². The zero-order valence-corrected chi connectivity index (χ0v) is 14.1. The van der Waals surface area contributed by atoms with Crippen LogP contribution in [0.1, 0.15) is 11.3 Å². The van der Waals surface area contributed by atoms with Gasteiger partial charge in [-0.1, -0.05) is 29.8 Å². The van der Waals surface area contributed by atoms with Gasteiger partial charge in [-0.15, -0.1) is 24.2 Å². The second-order valence-electron chi connectivity index (χ2n) is 4.59. The maximum atomic E-state index is 9.09. The van der Waals surface area contributed by atoms with Crippen LogP contribution in [0.2, 0.25) is 5.15 Å². The number of benzene rings is 1. The molecule has 1 aromatic heterocycles. The third-order valence-corrected chi connectivity index (χ3v) is 4.47. The zero-order chi connectivity index (χ0) is 14.5. The van der Waals surface area contributed by atoms with E-state index < -0.39 is 0 Å². The first-order valence-electron chi connectivity index (χ1n) is 6.36. The van der Waals surface area contributed by atoms with Gasteiger partial charge in [0, 0.05) is 29.3 Å². The van der Waals surface area contributed by atoms with Crippen molar-refractivity contribution in [2.24, 2.45) is 12.8 Å². The number of thioether (sulfide) groups is 1. The van der Waals surface area contributed by atoms with E-state index in [0.29, 0.717) is 11.6 Å². The van der Waals surface area contributed by atoms with Gasteiger partial charge in [-0.2, -0.15) is 5.10 Å². The monoisotopic (exact) mass is 347 g/mol. The van der Waals surface area contributed by atoms with Crippen LogP contribution in [0.3, 0.4) is 0 Å². The number of nitrogens with zero attached hydrogens (tertiary/aromatic N) is 2. The summed E-state index contributed by atoms with van der Waals surface area (Å²) in [5, 5.41) is 14.1. The summed E-state index contributed by atoms with van der Waals surface area (Å²) in [4.78, 5) is 1.19. The number of nitrogens with two attached hydrogens (primary N) is 1. The molecule has 0 saturated carbocycles. The lowest BCUT2D eigenvalue weighted by Gasteiger charge is -2.08. The minimum absolute atomic E-state index is 0. The Kier molecular flexibility index (Phi) is 7.56. The highest BCUT2D eigenvalue weighted by Crippen LogP contribution is 2.27. The standard InChI is InChI=1S/C14H18ClN3OS.ClH/c1-18-14(15)12(7-10(16)8-19)13(17-18)9-20-11-5-3-2-4-6-11;/h2-6,10,19H,7-9,16H2,1H3;1H. The molecule has 3 N–H and O–H groups in total. The summed E-state index contributed by atoms with van der Waals surface area (Å²) in [6.45, 7) is -0.0590. The minimum Gasteiger partial charge on any atom is -0.395 e. The van der Waals surface area contributed by atoms with Crippen LogP contribution in [0.4, 0.5) is 0 Å². The molecule has 0 aliphatic heterocycles. The highest BCUT2D eigenvalue weighted by Gasteiger charge is 2.17. The quantitative estimate of drug-likeness (QED) is 0.788. The Balaban J connectivity index is 0.00000220. The lowest BCUT2D eigenvalue weighted by atomic mass is 10.1. The molecule has 2 aromatic rings. The van der Waals surface area contributed by atoms with Gasteiger partial charge in [0.15, 0.2) is 0 Å². The molecule has 0 bridgehead atoms. The number of aromatic nitrogens is 2. The van der Waals surface area contributed by atoms with Crippen molar-refractivity contribution in [3.8, 4) is 0 Å². The van der Waals surface area contributed by atoms with E-state index in [4.69, 9.17) is 22.4 Å². The summed E-state index contributed by atoms with van der Waals surface area (Å²) in [5.74, 6) is 0.734. The Morgan fingerprint density at radius 1 is 1.38 bits per heavy atom. The first-order chi connectivity index (χ1) is 9.61. The summed E-state index contributed by atoms with van der Waals surface area (Å²) in [6.07, 6.45) is 0.536. The van der Waals surface area contributed by atoms with Crippen molar-refractivity contribution in [2.45, 2.75) is 23.1 Å². The molecule has 4 nitrogen and oxygen atoms in total. The summed E-state index contributed by atoms with van der Waals surface area (Å²) in [7, 11) is 1.81. The van der Waals surface area contributed by atoms with Gasteiger partial charge in [0.1, 0.15) is 5.15 Å². The Labute approximate surface area is 140 Å². The molecule has 1 heterocycles. The van der Waals surface area contributed by atoms with Crippen molar-refractivity contribution in [3.63, 3.8) is 0 Å². The number of hydrogen-bond donors (Lipinski definition) is 2. The summed E-state index contributed by atoms with van der Waals surface area (Å²) in [6, 6.07) is 9.83. The molecule has 0 aliphatic rings. The van der Waals surface area contributed by atoms with Crippen LogP contribution in [-0.2, 0) is 19.2 Å². The highest BCUT2D eigenvalue weighted by atomic mass is 35.5. The molecular formula is C14H19Cl2N3OS. The Bertz CT molecular complexity index is 563. The van der Waals surface area contributed by atoms with Crippen molar-refractivity contribution < 1.29 is 5.11 Å². The largest absolute Gasteiger partial charge is 0.395 e. The fourth-order valence-electron chi connectivity index (χ4n) is 1.91. The molecule has 116 valence electrons. The summed E-state index contributed by atoms with van der Waals surface area (Å²) < 4.78 is 1.65. The van der Waals surface area contributed by atoms with Gasteiger partial charge >= 0.3 is 0 Å². The average Bonchev–Trinajstić information content (AvgIpc) is 2.74. The van der Waals surface area contributed by atoms with Crippen LogP contribution in [0, 0.1) is 0 Å². The van der Waals surface area contributed by atoms with Crippen molar-refractivity contribution >= 4 is 35.8 Å². The molecule has 1 unspecified atom stereocenters. The number of aryl methyl sites for hydroxylation is 1. The number of halogens is 2. The highest BCUT2D eigenvalue weighted by molar-refractivity contribution is 7.98. The number of aliphatic hydroxyl groups is 1. The molecule has 21 heavy (non-hydrogen) atoms. The maximum Gasteiger partial charge on any atom is 0.130 e. The van der Waals surface area contributed by atoms with E-state index in [1.807, 2.05) is 25.2 Å². The molecule has 1 aromatic carbocycles. The van der Waals surface area contributed by atoms with Gasteiger partial charge in [0.25, 0.3) is 0 Å². The topological polar surface area (TPSA) is 64.1 Å². The van der Waals surface area contributed by atoms with Crippen LogP contribution in [-0.4, -0.2) is 27.5 Å². The van der Waals surface area contributed by atoms with Gasteiger partial charge in [-0.25, -0.2) is 0 Å². The van der Waals surface area contributed by atoms with Crippen molar-refractivity contribution in [1.29, 1.82) is 0 Å². The first-order valence-corrected chi connectivity index (χ1v) is 7.72. The third kappa shape index (κ3) is 4.90. The second-order valence-corrected chi connectivity index (χ2v) is 5.99. The molecule has 0 saturated heterocycles. The molecule has 0 aliphatic carbocycles. The van der Waals surface area contributed by atoms with E-state index in [-0.39, 0.29) is 25.1 Å². The van der Waals surface area contributed by atoms with E-state index in [9.17, 15) is 0 Å². The molecule has 7 heteroatoms. The summed E-state index contributed by atoms with van der Waals surface area (Å²) in [5.41, 5.74) is 7.66. The molecule has 0 spiro atoms. The molecule has 0 radical (unpaired) electrons. The van der Waals surface area contributed by atoms with Crippen LogP contribution in [0.15, 0.2) is 35.2 Å². The maximum absolute atomic E-state index is 9.09. The van der Waals surface area contributed by atoms with E-state index in [1.165, 1.54) is 4.90 Å². The lowest BCUT2D eigenvalue weighted by Crippen LogP contribution is -2.27. The van der Waals surface area contributed by atoms with Gasteiger partial charge in [-0.05, 0) is 18.6 Å². The normalized spacial score (nSPS) is 12.0. The van der Waals surface area contributed by atoms with E-state index in [1.54, 1.807) is 16.4 Å². The van der Waals surface area contributed by atoms with Gasteiger partial charge < -0.3 is 10.8 Å². The Morgan fingerprint density at radius 2 is 2.05 bits per heavy atom. The van der Waals surface area contributed by atoms with Crippen LogP contribution in [0.25, 0.3) is 0 Å². The minimum atomic E-state index is -0.308. The van der Waals surface area contributed by atoms with Crippen LogP contribution >= 0.6 is 35.8 Å². The first kappa shape index (κ1) is 18.3. The number of rotatable bonds is 6. The second kappa shape index (κ2) is 8.66. The van der Waals surface area contributed by atoms with Gasteiger partial charge in [-0.3, -0.25) is 4.68 Å². The van der Waals surface area contributed by atoms with Crippen LogP contribution in [0.5, 0.6) is 0 Å². The average molecular weight is 348 g/mol.